The number of fused-ring (bicyclic) bond motifs is 3. The van der Waals surface area contributed by atoms with Gasteiger partial charge in [-0.25, -0.2) is 8.31 Å². The van der Waals surface area contributed by atoms with E-state index >= 15 is 0 Å². The van der Waals surface area contributed by atoms with Gasteiger partial charge in [0.25, 0.3) is 0 Å². The first kappa shape index (κ1) is 27.8. The minimum atomic E-state index is -1.64. The lowest BCUT2D eigenvalue weighted by Gasteiger charge is -2.69. The van der Waals surface area contributed by atoms with Gasteiger partial charge in [-0.3, -0.25) is 0 Å². The molecule has 0 nitrogen and oxygen atoms in total. The quantitative estimate of drug-likeness (QED) is 0.285. The van der Waals surface area contributed by atoms with Gasteiger partial charge in [0, 0.05) is 32.3 Å². The van der Waals surface area contributed by atoms with E-state index in [0.29, 0.717) is 0 Å². The van der Waals surface area contributed by atoms with Crippen LogP contribution in [0.3, 0.4) is 0 Å². The molecule has 3 rings (SSSR count). The Morgan fingerprint density at radius 2 is 1.09 bits per heavy atom. The van der Waals surface area contributed by atoms with E-state index in [1.165, 1.54) is 0 Å². The zero-order valence-corrected chi connectivity index (χ0v) is 30.4. The number of hydrogen-bond acceptors (Lipinski definition) is 0. The third kappa shape index (κ3) is 4.82. The van der Waals surface area contributed by atoms with Gasteiger partial charge < -0.3 is 0 Å². The molecule has 1 saturated heterocycles. The van der Waals surface area contributed by atoms with Crippen molar-refractivity contribution < 1.29 is 0 Å². The van der Waals surface area contributed by atoms with Gasteiger partial charge in [-0.05, 0) is 5.56 Å². The molecule has 0 saturated carbocycles. The highest BCUT2D eigenvalue weighted by molar-refractivity contribution is 7.50. The van der Waals surface area contributed by atoms with Crippen molar-refractivity contribution in [1.29, 1.82) is 0 Å². The zero-order valence-electron chi connectivity index (χ0n) is 24.4. The van der Waals surface area contributed by atoms with E-state index in [1.54, 1.807) is 11.1 Å². The molecule has 0 radical (unpaired) electrons. The zero-order chi connectivity index (χ0) is 25.4. The molecule has 0 aromatic heterocycles. The van der Waals surface area contributed by atoms with Crippen LogP contribution in [0.4, 0.5) is 0 Å². The summed E-state index contributed by atoms with van der Waals surface area (Å²) >= 11 is 0. The fourth-order valence-electron chi connectivity index (χ4n) is 9.53. The van der Waals surface area contributed by atoms with E-state index in [0.717, 1.165) is 26.2 Å². The third-order valence-corrected chi connectivity index (χ3v) is 61.0. The van der Waals surface area contributed by atoms with Crippen molar-refractivity contribution in [2.24, 2.45) is 0 Å². The molecule has 0 amide bonds. The van der Waals surface area contributed by atoms with Gasteiger partial charge in [-0.15, -0.1) is 6.08 Å². The summed E-state index contributed by atoms with van der Waals surface area (Å²) in [5.74, 6) is 0. The Balaban J connectivity index is 2.40. The van der Waals surface area contributed by atoms with Gasteiger partial charge in [0.1, 0.15) is 0 Å². The molecule has 1 aromatic carbocycles. The molecular formula is C27H53Si6-. The van der Waals surface area contributed by atoms with Crippen LogP contribution >= 0.6 is 0 Å². The number of benzene rings is 1. The third-order valence-electron chi connectivity index (χ3n) is 8.63. The van der Waals surface area contributed by atoms with E-state index in [1.807, 2.05) is 0 Å². The highest BCUT2D eigenvalue weighted by atomic mass is 29.2. The topological polar surface area (TPSA) is 0 Å². The average molecular weight is 546 g/mol. The number of rotatable bonds is 8. The van der Waals surface area contributed by atoms with Crippen LogP contribution in [0.25, 0.3) is 6.08 Å². The predicted octanol–water partition coefficient (Wildman–Crippen LogP) is 9.40. The van der Waals surface area contributed by atoms with Crippen molar-refractivity contribution >= 4 is 54.3 Å². The molecule has 2 atom stereocenters. The maximum atomic E-state index is 2.78. The van der Waals surface area contributed by atoms with Crippen molar-refractivity contribution in [3.8, 4) is 0 Å². The first-order chi connectivity index (χ1) is 14.8. The minimum absolute atomic E-state index is 0.446. The fourth-order valence-corrected chi connectivity index (χ4v) is 98.4. The Hall–Kier alpha value is 0.261. The second kappa shape index (κ2) is 8.68. The Bertz CT molecular complexity index is 831. The summed E-state index contributed by atoms with van der Waals surface area (Å²) < 4.78 is 0. The largest absolute Gasteiger partial charge is 0.244 e. The molecule has 0 spiro atoms. The lowest BCUT2D eigenvalue weighted by atomic mass is 9.98. The van der Waals surface area contributed by atoms with E-state index in [-0.39, 0.29) is 0 Å². The van der Waals surface area contributed by atoms with Crippen LogP contribution < -0.4 is 0 Å². The molecule has 6 heteroatoms. The fraction of sp³-hybridized carbons (Fsp3) is 0.704. The molecular weight excluding hydrogens is 493 g/mol. The normalized spacial score (nSPS) is 22.2. The van der Waals surface area contributed by atoms with E-state index in [2.05, 4.69) is 129 Å². The van der Waals surface area contributed by atoms with Gasteiger partial charge in [0.05, 0.1) is 0 Å². The Morgan fingerprint density at radius 1 is 0.667 bits per heavy atom. The van der Waals surface area contributed by atoms with E-state index < -0.39 is 48.2 Å². The maximum absolute atomic E-state index is 2.78. The van der Waals surface area contributed by atoms with Crippen molar-refractivity contribution in [2.45, 2.75) is 119 Å². The van der Waals surface area contributed by atoms with Gasteiger partial charge in [-0.2, -0.15) is 11.1 Å². The monoisotopic (exact) mass is 545 g/mol. The molecule has 1 aliphatic carbocycles. The average Bonchev–Trinajstić information content (AvgIpc) is 3.31. The first-order valence-corrected chi connectivity index (χ1v) is 32.6. The van der Waals surface area contributed by atoms with Crippen molar-refractivity contribution in [3.05, 3.63) is 41.5 Å². The van der Waals surface area contributed by atoms with Crippen LogP contribution in [0, 0.1) is 0 Å². The van der Waals surface area contributed by atoms with Crippen molar-refractivity contribution in [2.75, 3.05) is 0 Å². The van der Waals surface area contributed by atoms with Gasteiger partial charge in [0.15, 0.2) is 0 Å². The second-order valence-electron chi connectivity index (χ2n) is 15.9. The Kier molecular flexibility index (Phi) is 7.33. The van der Waals surface area contributed by atoms with Crippen LogP contribution in [-0.2, 0) is 0 Å². The molecule has 0 N–H and O–H groups in total. The molecule has 2 unspecified atom stereocenters. The molecule has 33 heavy (non-hydrogen) atoms. The van der Waals surface area contributed by atoms with Crippen LogP contribution in [0.1, 0.15) is 30.5 Å². The standard InChI is InChI=1S/C27H53Si6/c1-21(2)33(26(29(3,4)5)30(6,7)8,27(31(9,10)11)32(12,13)14)28-24-20-19-22-17-15-16-18-23(22)25(24)28/h15-21,24-27H,1-14H3/q-1. The number of allylic oxidation sites excluding steroid dienone is 1. The summed E-state index contributed by atoms with van der Waals surface area (Å²) in [5, 5.41) is 0. The van der Waals surface area contributed by atoms with E-state index in [4.69, 9.17) is 0 Å². The summed E-state index contributed by atoms with van der Waals surface area (Å²) in [6.45, 7) is 38.9. The van der Waals surface area contributed by atoms with Crippen LogP contribution in [-0.4, -0.2) is 48.2 Å². The predicted molar refractivity (Wildman–Crippen MR) is 169 cm³/mol. The second-order valence-corrected chi connectivity index (χ2v) is 51.3. The van der Waals surface area contributed by atoms with Crippen molar-refractivity contribution in [1.82, 2.24) is 0 Å². The molecule has 0 bridgehead atoms. The Labute approximate surface area is 213 Å². The van der Waals surface area contributed by atoms with Crippen molar-refractivity contribution in [3.63, 3.8) is 0 Å². The molecule has 186 valence electrons. The Morgan fingerprint density at radius 3 is 1.48 bits per heavy atom. The van der Waals surface area contributed by atoms with Gasteiger partial charge in [0.2, 0.25) is 0 Å². The van der Waals surface area contributed by atoms with Gasteiger partial charge >= 0.3 is 0 Å². The summed E-state index contributed by atoms with van der Waals surface area (Å²) in [4.78, 5) is 2.25. The molecule has 2 aliphatic rings. The summed E-state index contributed by atoms with van der Waals surface area (Å²) in [6.07, 6.45) is 5.24. The minimum Gasteiger partial charge on any atom is -0.244 e. The van der Waals surface area contributed by atoms with Crippen LogP contribution in [0.5, 0.6) is 0 Å². The molecule has 1 aliphatic heterocycles. The molecule has 1 heterocycles. The number of hydrogen-bond donors (Lipinski definition) is 0. The highest BCUT2D eigenvalue weighted by Crippen LogP contribution is 2.69. The van der Waals surface area contributed by atoms with E-state index in [9.17, 15) is 0 Å². The summed E-state index contributed by atoms with van der Waals surface area (Å²) in [7, 11) is -7.48. The van der Waals surface area contributed by atoms with Crippen LogP contribution in [0.2, 0.25) is 99.2 Å². The SMILES string of the molecule is CC(C)[Si](C([Si](C)(C)C)[Si](C)(C)C)(C([Si](C)(C)C)[Si](C)(C)C)[Si-]1C2C=Cc3ccccc3C21. The molecule has 1 aromatic rings. The molecule has 1 fully saturated rings. The first-order valence-electron chi connectivity index (χ1n) is 13.4. The lowest BCUT2D eigenvalue weighted by Crippen LogP contribution is -2.74. The van der Waals surface area contributed by atoms with Crippen LogP contribution in [0.15, 0.2) is 30.3 Å². The smallest absolute Gasteiger partial charge is 0.0395 e. The summed E-state index contributed by atoms with van der Waals surface area (Å²) in [5.41, 5.74) is 6.04. The summed E-state index contributed by atoms with van der Waals surface area (Å²) in [6, 6.07) is 9.49. The lowest BCUT2D eigenvalue weighted by molar-refractivity contribution is 0.988. The van der Waals surface area contributed by atoms with Gasteiger partial charge in [-0.1, -0.05) is 151 Å². The highest BCUT2D eigenvalue weighted by Gasteiger charge is 2.64. The maximum Gasteiger partial charge on any atom is 0.0395 e.